The Hall–Kier alpha value is -0.190. The van der Waals surface area contributed by atoms with Crippen LogP contribution in [-0.4, -0.2) is 60.7 Å². The average molecular weight is 435 g/mol. The first-order chi connectivity index (χ1) is 12.6. The average Bonchev–Trinajstić information content (AvgIpc) is 2.57. The molecule has 10 heteroatoms. The van der Waals surface area contributed by atoms with Gasteiger partial charge >= 0.3 is 35.5 Å². The van der Waals surface area contributed by atoms with Crippen molar-refractivity contribution in [3.8, 4) is 0 Å². The molecule has 0 atom stereocenters. The van der Waals surface area contributed by atoms with E-state index in [1.807, 2.05) is 0 Å². The Balaban J connectivity index is -0.000000298. The Morgan fingerprint density at radius 1 is 0.964 bits per heavy atom. The third kappa shape index (κ3) is 28.0. The number of carboxylic acids is 1. The number of carboxylic acid groups (broad SMARTS) is 1. The molecule has 28 heavy (non-hydrogen) atoms. The molecule has 0 bridgehead atoms. The summed E-state index contributed by atoms with van der Waals surface area (Å²) in [5.41, 5.74) is 4.78. The molecule has 164 valence electrons. The third-order valence-electron chi connectivity index (χ3n) is 3.96. The molecular formula is C18H39N2NaO6S. The number of carbonyl (C=O) groups is 2. The predicted octanol–water partition coefficient (Wildman–Crippen LogP) is -0.210. The Bertz CT molecular complexity index is 495. The van der Waals surface area contributed by atoms with Crippen LogP contribution in [0.15, 0.2) is 0 Å². The molecule has 1 amide bonds. The monoisotopic (exact) mass is 434 g/mol. The summed E-state index contributed by atoms with van der Waals surface area (Å²) in [6.07, 6.45) is 11.7. The summed E-state index contributed by atoms with van der Waals surface area (Å²) in [5, 5.41) is 8.56. The van der Waals surface area contributed by atoms with Gasteiger partial charge in [-0.25, -0.2) is 0 Å². The van der Waals surface area contributed by atoms with Crippen LogP contribution < -0.4 is 35.3 Å². The third-order valence-corrected chi connectivity index (χ3v) is 4.71. The van der Waals surface area contributed by atoms with Crippen LogP contribution in [0.3, 0.4) is 0 Å². The molecule has 0 heterocycles. The van der Waals surface area contributed by atoms with Gasteiger partial charge in [-0.2, -0.15) is 8.42 Å². The van der Waals surface area contributed by atoms with Gasteiger partial charge < -0.3 is 17.2 Å². The molecule has 4 N–H and O–H groups in total. The van der Waals surface area contributed by atoms with E-state index in [-0.39, 0.29) is 55.6 Å². The van der Waals surface area contributed by atoms with Gasteiger partial charge in [-0.05, 0) is 6.42 Å². The minimum atomic E-state index is -3.80. The van der Waals surface area contributed by atoms with E-state index >= 15 is 0 Å². The van der Waals surface area contributed by atoms with Crippen LogP contribution in [0.4, 0.5) is 0 Å². The standard InChI is InChI=1S/C16H31NO3.C2H7NO3S.Na.H/c1-3-4-5-6-7-8-9-10-11-12-15(18)17(2)14-13-16(19)20;3-1-2-7(4,5)6;;/h3-14H2,1-2H3,(H,19,20);1-3H2,(H,4,5,6);;/q;;+1;-1. The normalized spacial score (nSPS) is 10.4. The molecular weight excluding hydrogens is 395 g/mol. The zero-order valence-corrected chi connectivity index (χ0v) is 20.7. The maximum absolute atomic E-state index is 11.7. The molecule has 0 radical (unpaired) electrons. The van der Waals surface area contributed by atoms with Crippen LogP contribution in [0.5, 0.6) is 0 Å². The van der Waals surface area contributed by atoms with Crippen molar-refractivity contribution in [2.24, 2.45) is 5.73 Å². The fraction of sp³-hybridized carbons (Fsp3) is 0.889. The SMILES string of the molecule is CCCCCCCCCCCC(=O)N(C)CCC(=O)O.NCCS(=O)(=O)O.[H-].[Na+]. The Morgan fingerprint density at radius 2 is 1.43 bits per heavy atom. The van der Waals surface area contributed by atoms with Crippen molar-refractivity contribution in [3.63, 3.8) is 0 Å². The van der Waals surface area contributed by atoms with Gasteiger partial charge in [0, 0.05) is 26.6 Å². The minimum Gasteiger partial charge on any atom is -1.00 e. The van der Waals surface area contributed by atoms with Crippen LogP contribution in [0.1, 0.15) is 79.0 Å². The number of hydrogen-bond donors (Lipinski definition) is 3. The van der Waals surface area contributed by atoms with Gasteiger partial charge in [0.15, 0.2) is 0 Å². The number of rotatable bonds is 15. The number of unbranched alkanes of at least 4 members (excludes halogenated alkanes) is 8. The number of nitrogens with zero attached hydrogens (tertiary/aromatic N) is 1. The van der Waals surface area contributed by atoms with Crippen molar-refractivity contribution in [2.45, 2.75) is 77.6 Å². The van der Waals surface area contributed by atoms with E-state index in [4.69, 9.17) is 15.4 Å². The maximum Gasteiger partial charge on any atom is 1.00 e. The molecule has 0 saturated carbocycles. The number of nitrogens with two attached hydrogens (primary N) is 1. The fourth-order valence-corrected chi connectivity index (χ4v) is 2.61. The molecule has 0 rings (SSSR count). The first-order valence-corrected chi connectivity index (χ1v) is 11.4. The second-order valence-corrected chi connectivity index (χ2v) is 8.18. The zero-order chi connectivity index (χ0) is 21.1. The number of hydrogen-bond acceptors (Lipinski definition) is 5. The molecule has 8 nitrogen and oxygen atoms in total. The van der Waals surface area contributed by atoms with Crippen molar-refractivity contribution >= 4 is 22.0 Å². The second-order valence-electron chi connectivity index (χ2n) is 6.61. The van der Waals surface area contributed by atoms with E-state index in [1.165, 1.54) is 49.8 Å². The molecule has 0 aromatic carbocycles. The van der Waals surface area contributed by atoms with Crippen LogP contribution in [-0.2, 0) is 19.7 Å². The van der Waals surface area contributed by atoms with Crippen LogP contribution in [0.2, 0.25) is 0 Å². The summed E-state index contributed by atoms with van der Waals surface area (Å²) in [5.74, 6) is -1.14. The predicted molar refractivity (Wildman–Crippen MR) is 108 cm³/mol. The zero-order valence-electron chi connectivity index (χ0n) is 18.9. The molecule has 0 aromatic rings. The molecule has 0 fully saturated rings. The summed E-state index contributed by atoms with van der Waals surface area (Å²) in [6.45, 7) is 2.51. The van der Waals surface area contributed by atoms with Crippen molar-refractivity contribution in [3.05, 3.63) is 0 Å². The largest absolute Gasteiger partial charge is 1.00 e. The van der Waals surface area contributed by atoms with Crippen LogP contribution >= 0.6 is 0 Å². The van der Waals surface area contributed by atoms with Gasteiger partial charge in [0.05, 0.1) is 12.2 Å². The Labute approximate surface area is 194 Å². The smallest absolute Gasteiger partial charge is 1.00 e. The summed E-state index contributed by atoms with van der Waals surface area (Å²) < 4.78 is 27.3. The molecule has 0 aliphatic rings. The molecule has 0 saturated heterocycles. The van der Waals surface area contributed by atoms with Crippen molar-refractivity contribution in [1.82, 2.24) is 4.90 Å². The molecule has 0 aliphatic heterocycles. The number of carbonyl (C=O) groups excluding carboxylic acids is 1. The van der Waals surface area contributed by atoms with Crippen LogP contribution in [0, 0.1) is 0 Å². The summed E-state index contributed by atoms with van der Waals surface area (Å²) in [6, 6.07) is 0. The van der Waals surface area contributed by atoms with E-state index in [0.717, 1.165) is 12.8 Å². The van der Waals surface area contributed by atoms with Crippen LogP contribution in [0.25, 0.3) is 0 Å². The summed E-state index contributed by atoms with van der Waals surface area (Å²) >= 11 is 0. The van der Waals surface area contributed by atoms with Gasteiger partial charge in [0.1, 0.15) is 0 Å². The molecule has 0 unspecified atom stereocenters. The van der Waals surface area contributed by atoms with Crippen molar-refractivity contribution < 1.29 is 58.7 Å². The summed E-state index contributed by atoms with van der Waals surface area (Å²) in [4.78, 5) is 23.6. The second kappa shape index (κ2) is 21.5. The van der Waals surface area contributed by atoms with Gasteiger partial charge in [-0.1, -0.05) is 58.3 Å². The summed E-state index contributed by atoms with van der Waals surface area (Å²) in [7, 11) is -2.12. The van der Waals surface area contributed by atoms with Gasteiger partial charge in [-0.3, -0.25) is 14.1 Å². The Morgan fingerprint density at radius 3 is 1.79 bits per heavy atom. The fourth-order valence-electron chi connectivity index (χ4n) is 2.31. The van der Waals surface area contributed by atoms with E-state index in [1.54, 1.807) is 7.05 Å². The number of amides is 1. The molecule has 0 aliphatic carbocycles. The van der Waals surface area contributed by atoms with Gasteiger partial charge in [-0.15, -0.1) is 0 Å². The van der Waals surface area contributed by atoms with E-state index in [9.17, 15) is 18.0 Å². The van der Waals surface area contributed by atoms with E-state index in [2.05, 4.69) is 6.92 Å². The number of aliphatic carboxylic acids is 1. The minimum absolute atomic E-state index is 0. The van der Waals surface area contributed by atoms with Crippen molar-refractivity contribution in [1.29, 1.82) is 0 Å². The van der Waals surface area contributed by atoms with Gasteiger partial charge in [0.25, 0.3) is 10.1 Å². The maximum atomic E-state index is 11.7. The van der Waals surface area contributed by atoms with Gasteiger partial charge in [0.2, 0.25) is 5.91 Å². The quantitative estimate of drug-likeness (QED) is 0.184. The van der Waals surface area contributed by atoms with E-state index in [0.29, 0.717) is 13.0 Å². The molecule has 0 spiro atoms. The first kappa shape index (κ1) is 32.5. The first-order valence-electron chi connectivity index (χ1n) is 9.75. The van der Waals surface area contributed by atoms with E-state index < -0.39 is 16.1 Å². The Kier molecular flexibility index (Phi) is 25.0. The molecule has 0 aromatic heterocycles. The topological polar surface area (TPSA) is 138 Å². The van der Waals surface area contributed by atoms with Crippen molar-refractivity contribution in [2.75, 3.05) is 25.9 Å².